The van der Waals surface area contributed by atoms with Crippen molar-refractivity contribution in [3.63, 3.8) is 0 Å². The molecule has 0 bridgehead atoms. The molecule has 2 fully saturated rings. The Kier molecular flexibility index (Phi) is 6.35. The third kappa shape index (κ3) is 4.73. The van der Waals surface area contributed by atoms with Crippen LogP contribution in [0.25, 0.3) is 0 Å². The van der Waals surface area contributed by atoms with E-state index in [0.29, 0.717) is 6.04 Å². The molecule has 1 aliphatic carbocycles. The number of hydrogen-bond acceptors (Lipinski definition) is 1. The van der Waals surface area contributed by atoms with Gasteiger partial charge in [-0.2, -0.15) is 0 Å². The Bertz CT molecular complexity index is 419. The molecule has 0 N–H and O–H groups in total. The summed E-state index contributed by atoms with van der Waals surface area (Å²) in [6.07, 6.45) is 13.1. The smallest absolute Gasteiger partial charge is 0.129 e. The highest BCUT2D eigenvalue weighted by Gasteiger charge is 2.41. The van der Waals surface area contributed by atoms with Crippen LogP contribution in [0.5, 0.6) is 0 Å². The van der Waals surface area contributed by atoms with Crippen LogP contribution >= 0.6 is 0 Å². The van der Waals surface area contributed by atoms with Gasteiger partial charge < -0.3 is 0 Å². The lowest BCUT2D eigenvalue weighted by molar-refractivity contribution is 0.169. The summed E-state index contributed by atoms with van der Waals surface area (Å²) in [6, 6.07) is 1.26. The molecular formula is C20H35NSi. The minimum Gasteiger partial charge on any atom is -0.289 e. The second-order valence-electron chi connectivity index (χ2n) is 8.46. The lowest BCUT2D eigenvalue weighted by Crippen LogP contribution is -2.38. The Morgan fingerprint density at radius 1 is 1.18 bits per heavy atom. The van der Waals surface area contributed by atoms with E-state index in [9.17, 15) is 0 Å². The molecule has 0 aromatic heterocycles. The van der Waals surface area contributed by atoms with Gasteiger partial charge in [0.15, 0.2) is 0 Å². The van der Waals surface area contributed by atoms with E-state index in [4.69, 9.17) is 0 Å². The fraction of sp³-hybridized carbons (Fsp3) is 0.800. The Hall–Kier alpha value is -0.523. The van der Waals surface area contributed by atoms with Crippen molar-refractivity contribution in [2.45, 2.75) is 83.1 Å². The first kappa shape index (κ1) is 17.8. The summed E-state index contributed by atoms with van der Waals surface area (Å²) >= 11 is 0. The summed E-state index contributed by atoms with van der Waals surface area (Å²) in [4.78, 5) is 2.65. The highest BCUT2D eigenvalue weighted by atomic mass is 28.3. The van der Waals surface area contributed by atoms with E-state index in [1.165, 1.54) is 44.9 Å². The molecular weight excluding hydrogens is 282 g/mol. The van der Waals surface area contributed by atoms with E-state index in [2.05, 4.69) is 55.7 Å². The second kappa shape index (κ2) is 7.84. The molecule has 1 aliphatic heterocycles. The molecule has 2 rings (SSSR count). The van der Waals surface area contributed by atoms with Crippen molar-refractivity contribution in [2.24, 2.45) is 11.8 Å². The van der Waals surface area contributed by atoms with Gasteiger partial charge >= 0.3 is 0 Å². The fourth-order valence-electron chi connectivity index (χ4n) is 4.31. The molecule has 0 amide bonds. The zero-order chi connectivity index (χ0) is 16.2. The maximum atomic E-state index is 3.92. The van der Waals surface area contributed by atoms with Crippen LogP contribution in [0, 0.1) is 23.3 Å². The van der Waals surface area contributed by atoms with Crippen LogP contribution < -0.4 is 0 Å². The van der Waals surface area contributed by atoms with Crippen molar-refractivity contribution in [3.05, 3.63) is 12.7 Å². The molecule has 22 heavy (non-hydrogen) atoms. The molecule has 0 aromatic carbocycles. The summed E-state index contributed by atoms with van der Waals surface area (Å²) in [5, 5.41) is 0. The molecule has 3 atom stereocenters. The molecule has 1 saturated heterocycles. The highest BCUT2D eigenvalue weighted by Crippen LogP contribution is 2.40. The van der Waals surface area contributed by atoms with Gasteiger partial charge in [-0.1, -0.05) is 50.9 Å². The molecule has 0 aromatic rings. The quantitative estimate of drug-likeness (QED) is 0.396. The highest BCUT2D eigenvalue weighted by molar-refractivity contribution is 6.83. The van der Waals surface area contributed by atoms with Crippen LogP contribution in [0.2, 0.25) is 19.6 Å². The zero-order valence-corrected chi connectivity index (χ0v) is 16.2. The monoisotopic (exact) mass is 317 g/mol. The van der Waals surface area contributed by atoms with E-state index < -0.39 is 8.07 Å². The van der Waals surface area contributed by atoms with Gasteiger partial charge in [0.2, 0.25) is 0 Å². The number of likely N-dealkylation sites (tertiary alicyclic amines) is 1. The average Bonchev–Trinajstić information content (AvgIpc) is 2.79. The van der Waals surface area contributed by atoms with E-state index in [-0.39, 0.29) is 0 Å². The van der Waals surface area contributed by atoms with Crippen molar-refractivity contribution < 1.29 is 0 Å². The second-order valence-corrected chi connectivity index (χ2v) is 13.2. The molecule has 0 unspecified atom stereocenters. The SMILES string of the molecule is C=CCC[C@H]1C[C@H](C2CCCCC2)N(C)[C@H]1C#C[Si](C)(C)C. The minimum absolute atomic E-state index is 0.485. The lowest BCUT2D eigenvalue weighted by Gasteiger charge is -2.33. The summed E-state index contributed by atoms with van der Waals surface area (Å²) in [6.45, 7) is 11.0. The Morgan fingerprint density at radius 3 is 2.45 bits per heavy atom. The average molecular weight is 318 g/mol. The van der Waals surface area contributed by atoms with Gasteiger partial charge in [0, 0.05) is 6.04 Å². The van der Waals surface area contributed by atoms with Crippen LogP contribution in [-0.4, -0.2) is 32.1 Å². The topological polar surface area (TPSA) is 3.24 Å². The third-order valence-corrected chi connectivity index (χ3v) is 6.38. The molecule has 124 valence electrons. The number of rotatable bonds is 4. The molecule has 1 heterocycles. The molecule has 1 nitrogen and oxygen atoms in total. The number of nitrogens with zero attached hydrogens (tertiary/aromatic N) is 1. The van der Waals surface area contributed by atoms with Crippen LogP contribution in [0.15, 0.2) is 12.7 Å². The predicted octanol–water partition coefficient (Wildman–Crippen LogP) is 5.10. The molecule has 2 heteroatoms. The van der Waals surface area contributed by atoms with Gasteiger partial charge in [0.25, 0.3) is 0 Å². The molecule has 0 spiro atoms. The standard InChI is InChI=1S/C20H35NSi/c1-6-7-11-18-16-20(17-12-9-8-10-13-17)21(2)19(18)14-15-22(3,4)5/h6,17-20H,1,7-13,16H2,2-5H3/t18-,19-,20+/m0/s1. The first-order valence-corrected chi connectivity index (χ1v) is 12.8. The fourth-order valence-corrected chi connectivity index (χ4v) is 4.89. The van der Waals surface area contributed by atoms with Gasteiger partial charge in [-0.3, -0.25) is 4.90 Å². The number of allylic oxidation sites excluding steroid dienone is 1. The summed E-state index contributed by atoms with van der Waals surface area (Å²) in [7, 11) is 1.06. The van der Waals surface area contributed by atoms with Crippen molar-refractivity contribution in [2.75, 3.05) is 7.05 Å². The van der Waals surface area contributed by atoms with Crippen LogP contribution in [0.1, 0.15) is 51.4 Å². The summed E-state index contributed by atoms with van der Waals surface area (Å²) < 4.78 is 0. The lowest BCUT2D eigenvalue weighted by atomic mass is 9.81. The maximum Gasteiger partial charge on any atom is 0.129 e. The van der Waals surface area contributed by atoms with E-state index in [0.717, 1.165) is 24.3 Å². The normalized spacial score (nSPS) is 30.8. The van der Waals surface area contributed by atoms with Crippen molar-refractivity contribution in [1.82, 2.24) is 4.90 Å². The molecule has 2 aliphatic rings. The van der Waals surface area contributed by atoms with Crippen LogP contribution in [0.3, 0.4) is 0 Å². The van der Waals surface area contributed by atoms with Crippen molar-refractivity contribution in [1.29, 1.82) is 0 Å². The Morgan fingerprint density at radius 2 is 1.86 bits per heavy atom. The van der Waals surface area contributed by atoms with Gasteiger partial charge in [0.1, 0.15) is 8.07 Å². The molecule has 1 saturated carbocycles. The van der Waals surface area contributed by atoms with Crippen LogP contribution in [-0.2, 0) is 0 Å². The predicted molar refractivity (Wildman–Crippen MR) is 101 cm³/mol. The number of hydrogen-bond donors (Lipinski definition) is 0. The largest absolute Gasteiger partial charge is 0.289 e. The van der Waals surface area contributed by atoms with E-state index in [1.807, 2.05) is 0 Å². The minimum atomic E-state index is -1.28. The zero-order valence-electron chi connectivity index (χ0n) is 15.2. The van der Waals surface area contributed by atoms with E-state index in [1.54, 1.807) is 0 Å². The Labute approximate surface area is 139 Å². The first-order valence-electron chi connectivity index (χ1n) is 9.28. The van der Waals surface area contributed by atoms with Crippen LogP contribution in [0.4, 0.5) is 0 Å². The Balaban J connectivity index is 2.11. The summed E-state index contributed by atoms with van der Waals surface area (Å²) in [5.74, 6) is 5.37. The van der Waals surface area contributed by atoms with E-state index >= 15 is 0 Å². The van der Waals surface area contributed by atoms with Gasteiger partial charge in [-0.25, -0.2) is 0 Å². The third-order valence-electron chi connectivity index (χ3n) is 5.48. The van der Waals surface area contributed by atoms with Gasteiger partial charge in [-0.15, -0.1) is 12.1 Å². The van der Waals surface area contributed by atoms with Gasteiger partial charge in [-0.05, 0) is 51.0 Å². The maximum absolute atomic E-state index is 3.92. The molecule has 0 radical (unpaired) electrons. The van der Waals surface area contributed by atoms with Gasteiger partial charge in [0.05, 0.1) is 6.04 Å². The first-order chi connectivity index (χ1) is 10.4. The summed E-state index contributed by atoms with van der Waals surface area (Å²) in [5.41, 5.74) is 3.65. The van der Waals surface area contributed by atoms with Crippen molar-refractivity contribution >= 4 is 8.07 Å². The van der Waals surface area contributed by atoms with Crippen molar-refractivity contribution in [3.8, 4) is 11.5 Å².